The molecule has 0 aromatic carbocycles. The van der Waals surface area contributed by atoms with E-state index in [1.807, 2.05) is 6.92 Å². The number of methoxy groups -OCH3 is 1. The van der Waals surface area contributed by atoms with Crippen LogP contribution in [0.3, 0.4) is 0 Å². The van der Waals surface area contributed by atoms with Crippen molar-refractivity contribution in [2.75, 3.05) is 20.3 Å². The molecule has 0 saturated carbocycles. The highest BCUT2D eigenvalue weighted by atomic mass is 16.6. The normalized spacial score (nSPS) is 27.5. The number of aliphatic hydroxyl groups is 1. The highest BCUT2D eigenvalue weighted by Crippen LogP contribution is 2.37. The van der Waals surface area contributed by atoms with E-state index in [-0.39, 0.29) is 24.4 Å². The quantitative estimate of drug-likeness (QED) is 0.779. The van der Waals surface area contributed by atoms with Gasteiger partial charge < -0.3 is 24.3 Å². The molecule has 0 spiro atoms. The maximum absolute atomic E-state index is 11.5. The third-order valence-corrected chi connectivity index (χ3v) is 3.63. The molecular formula is C16H21NO5. The molecule has 0 bridgehead atoms. The van der Waals surface area contributed by atoms with Gasteiger partial charge in [0.2, 0.25) is 5.56 Å². The van der Waals surface area contributed by atoms with Gasteiger partial charge in [0.1, 0.15) is 24.4 Å². The maximum atomic E-state index is 11.5. The van der Waals surface area contributed by atoms with Crippen LogP contribution in [-0.4, -0.2) is 48.7 Å². The van der Waals surface area contributed by atoms with Crippen molar-refractivity contribution in [1.82, 2.24) is 4.98 Å². The van der Waals surface area contributed by atoms with Gasteiger partial charge in [0.15, 0.2) is 0 Å². The number of ether oxygens (including phenoxy) is 3. The van der Waals surface area contributed by atoms with Crippen molar-refractivity contribution in [1.29, 1.82) is 0 Å². The molecule has 4 unspecified atom stereocenters. The first-order chi connectivity index (χ1) is 10.7. The molecule has 0 aliphatic carbocycles. The van der Waals surface area contributed by atoms with Crippen molar-refractivity contribution < 1.29 is 19.3 Å². The minimum Gasteiger partial charge on any atom is -0.394 e. The monoisotopic (exact) mass is 307 g/mol. The molecule has 1 aromatic heterocycles. The van der Waals surface area contributed by atoms with Crippen LogP contribution in [0.4, 0.5) is 0 Å². The lowest BCUT2D eigenvalue weighted by molar-refractivity contribution is -0.0569. The largest absolute Gasteiger partial charge is 0.394 e. The van der Waals surface area contributed by atoms with Gasteiger partial charge in [0.25, 0.3) is 0 Å². The van der Waals surface area contributed by atoms with Crippen LogP contribution in [-0.2, 0) is 14.2 Å². The molecule has 4 atom stereocenters. The first kappa shape index (κ1) is 16.7. The Hall–Kier alpha value is -1.65. The fourth-order valence-electron chi connectivity index (χ4n) is 2.73. The first-order valence-corrected chi connectivity index (χ1v) is 7.22. The smallest absolute Gasteiger partial charge is 0.248 e. The number of hydrogen-bond acceptors (Lipinski definition) is 5. The zero-order valence-corrected chi connectivity index (χ0v) is 13.0. The zero-order chi connectivity index (χ0) is 16.1. The van der Waals surface area contributed by atoms with Crippen LogP contribution in [0.25, 0.3) is 0 Å². The summed E-state index contributed by atoms with van der Waals surface area (Å²) in [5.74, 6) is 5.65. The van der Waals surface area contributed by atoms with Crippen molar-refractivity contribution in [2.45, 2.75) is 38.3 Å². The molecule has 120 valence electrons. The van der Waals surface area contributed by atoms with Gasteiger partial charge >= 0.3 is 0 Å². The average molecular weight is 307 g/mol. The summed E-state index contributed by atoms with van der Waals surface area (Å²) in [5.41, 5.74) is 0.992. The van der Waals surface area contributed by atoms with E-state index < -0.39 is 12.2 Å². The second-order valence-electron chi connectivity index (χ2n) is 4.93. The SMILES string of the molecule is CC#Cc1[nH]c(=O)ccc1C1OC(CO)C(OCC)C1OC. The fourth-order valence-corrected chi connectivity index (χ4v) is 2.73. The molecule has 1 fully saturated rings. The van der Waals surface area contributed by atoms with Crippen molar-refractivity contribution in [3.63, 3.8) is 0 Å². The summed E-state index contributed by atoms with van der Waals surface area (Å²) in [6, 6.07) is 3.10. The molecule has 1 aliphatic heterocycles. The van der Waals surface area contributed by atoms with E-state index in [9.17, 15) is 9.90 Å². The summed E-state index contributed by atoms with van der Waals surface area (Å²) in [7, 11) is 1.57. The lowest BCUT2D eigenvalue weighted by Crippen LogP contribution is -2.36. The zero-order valence-electron chi connectivity index (χ0n) is 13.0. The number of pyridine rings is 1. The summed E-state index contributed by atoms with van der Waals surface area (Å²) in [5, 5.41) is 9.51. The number of hydrogen-bond donors (Lipinski definition) is 2. The van der Waals surface area contributed by atoms with Crippen molar-refractivity contribution >= 4 is 0 Å². The fraction of sp³-hybridized carbons (Fsp3) is 0.562. The number of aromatic nitrogens is 1. The van der Waals surface area contributed by atoms with Gasteiger partial charge in [-0.1, -0.05) is 5.92 Å². The molecule has 1 saturated heterocycles. The van der Waals surface area contributed by atoms with Crippen LogP contribution in [0.1, 0.15) is 31.2 Å². The Morgan fingerprint density at radius 2 is 2.18 bits per heavy atom. The molecule has 2 heterocycles. The molecule has 1 aromatic rings. The van der Waals surface area contributed by atoms with E-state index in [1.54, 1.807) is 20.1 Å². The van der Waals surface area contributed by atoms with Crippen LogP contribution in [0, 0.1) is 11.8 Å². The first-order valence-electron chi connectivity index (χ1n) is 7.22. The molecule has 6 heteroatoms. The number of rotatable bonds is 5. The van der Waals surface area contributed by atoms with Gasteiger partial charge in [-0.15, -0.1) is 0 Å². The van der Waals surface area contributed by atoms with Crippen LogP contribution in [0.15, 0.2) is 16.9 Å². The van der Waals surface area contributed by atoms with Crippen LogP contribution >= 0.6 is 0 Å². The van der Waals surface area contributed by atoms with Crippen LogP contribution < -0.4 is 5.56 Å². The second-order valence-corrected chi connectivity index (χ2v) is 4.93. The third-order valence-electron chi connectivity index (χ3n) is 3.63. The molecule has 22 heavy (non-hydrogen) atoms. The minimum absolute atomic E-state index is 0.167. The Labute approximate surface area is 129 Å². The highest BCUT2D eigenvalue weighted by molar-refractivity contribution is 5.37. The predicted octanol–water partition coefficient (Wildman–Crippen LogP) is 0.599. The summed E-state index contributed by atoms with van der Waals surface area (Å²) >= 11 is 0. The number of aromatic amines is 1. The maximum Gasteiger partial charge on any atom is 0.248 e. The van der Waals surface area contributed by atoms with Crippen molar-refractivity contribution in [3.05, 3.63) is 33.7 Å². The van der Waals surface area contributed by atoms with E-state index in [4.69, 9.17) is 14.2 Å². The summed E-state index contributed by atoms with van der Waals surface area (Å²) in [6.45, 7) is 3.89. The summed E-state index contributed by atoms with van der Waals surface area (Å²) < 4.78 is 17.1. The van der Waals surface area contributed by atoms with Crippen LogP contribution in [0.5, 0.6) is 0 Å². The molecule has 0 amide bonds. The number of nitrogens with one attached hydrogen (secondary N) is 1. The Balaban J connectivity index is 2.42. The van der Waals surface area contributed by atoms with E-state index in [0.29, 0.717) is 12.3 Å². The van der Waals surface area contributed by atoms with E-state index in [0.717, 1.165) is 5.56 Å². The minimum atomic E-state index is -0.482. The van der Waals surface area contributed by atoms with Gasteiger partial charge in [0, 0.05) is 25.3 Å². The van der Waals surface area contributed by atoms with Gasteiger partial charge in [-0.3, -0.25) is 4.79 Å². The molecule has 0 radical (unpaired) electrons. The molecule has 2 N–H and O–H groups in total. The number of aliphatic hydroxyl groups excluding tert-OH is 1. The predicted molar refractivity (Wildman–Crippen MR) is 80.5 cm³/mol. The van der Waals surface area contributed by atoms with Gasteiger partial charge in [-0.2, -0.15) is 0 Å². The Morgan fingerprint density at radius 1 is 1.41 bits per heavy atom. The molecular weight excluding hydrogens is 286 g/mol. The van der Waals surface area contributed by atoms with E-state index >= 15 is 0 Å². The summed E-state index contributed by atoms with van der Waals surface area (Å²) in [4.78, 5) is 14.2. The molecule has 6 nitrogen and oxygen atoms in total. The lowest BCUT2D eigenvalue weighted by Gasteiger charge is -2.22. The Bertz CT molecular complexity index is 615. The lowest BCUT2D eigenvalue weighted by atomic mass is 10.00. The highest BCUT2D eigenvalue weighted by Gasteiger charge is 2.46. The van der Waals surface area contributed by atoms with Crippen LogP contribution in [0.2, 0.25) is 0 Å². The van der Waals surface area contributed by atoms with E-state index in [1.165, 1.54) is 6.07 Å². The molecule has 2 rings (SSSR count). The standard InChI is InChI=1S/C16H21NO5/c1-4-6-11-10(7-8-13(19)17-11)14-16(20-3)15(21-5-2)12(9-18)22-14/h7-8,12,14-16,18H,5,9H2,1-3H3,(H,17,19). The average Bonchev–Trinajstić information content (AvgIpc) is 2.86. The summed E-state index contributed by atoms with van der Waals surface area (Å²) in [6.07, 6.45) is -1.71. The second kappa shape index (κ2) is 7.56. The van der Waals surface area contributed by atoms with Crippen molar-refractivity contribution in [2.24, 2.45) is 0 Å². The Kier molecular flexibility index (Phi) is 5.75. The topological polar surface area (TPSA) is 80.8 Å². The molecule has 1 aliphatic rings. The van der Waals surface area contributed by atoms with Crippen molar-refractivity contribution in [3.8, 4) is 11.8 Å². The van der Waals surface area contributed by atoms with Gasteiger partial charge in [-0.25, -0.2) is 0 Å². The Morgan fingerprint density at radius 3 is 2.77 bits per heavy atom. The third kappa shape index (κ3) is 3.23. The van der Waals surface area contributed by atoms with Gasteiger partial charge in [0.05, 0.1) is 12.3 Å². The van der Waals surface area contributed by atoms with E-state index in [2.05, 4.69) is 16.8 Å². The van der Waals surface area contributed by atoms with Gasteiger partial charge in [-0.05, 0) is 25.8 Å². The number of H-pyrrole nitrogens is 1.